The smallest absolute Gasteiger partial charge is 0.267 e. The highest BCUT2D eigenvalue weighted by Crippen LogP contribution is 2.35. The van der Waals surface area contributed by atoms with Crippen LogP contribution in [0.5, 0.6) is 0 Å². The number of H-pyrrole nitrogens is 1. The molecule has 3 aromatic rings. The van der Waals surface area contributed by atoms with Crippen LogP contribution in [0.2, 0.25) is 0 Å². The van der Waals surface area contributed by atoms with E-state index in [1.54, 1.807) is 12.1 Å². The second-order valence-electron chi connectivity index (χ2n) is 4.99. The molecule has 0 aliphatic heterocycles. The molecule has 112 valence electrons. The van der Waals surface area contributed by atoms with E-state index in [9.17, 15) is 18.0 Å². The van der Waals surface area contributed by atoms with Crippen molar-refractivity contribution in [2.75, 3.05) is 0 Å². The molecular formula is C16H11F3N2O. The van der Waals surface area contributed by atoms with Crippen LogP contribution in [-0.2, 0) is 6.18 Å². The fourth-order valence-electron chi connectivity index (χ4n) is 2.38. The average molecular weight is 304 g/mol. The van der Waals surface area contributed by atoms with Gasteiger partial charge in [-0.3, -0.25) is 4.79 Å². The summed E-state index contributed by atoms with van der Waals surface area (Å²) in [4.78, 5) is 11.9. The predicted molar refractivity (Wildman–Crippen MR) is 77.5 cm³/mol. The van der Waals surface area contributed by atoms with Crippen molar-refractivity contribution in [3.05, 3.63) is 63.9 Å². The van der Waals surface area contributed by atoms with Crippen LogP contribution in [0.3, 0.4) is 0 Å². The lowest BCUT2D eigenvalue weighted by Gasteiger charge is -2.11. The van der Waals surface area contributed by atoms with Crippen LogP contribution in [-0.4, -0.2) is 10.2 Å². The first-order valence-corrected chi connectivity index (χ1v) is 6.53. The van der Waals surface area contributed by atoms with Crippen molar-refractivity contribution in [2.24, 2.45) is 0 Å². The summed E-state index contributed by atoms with van der Waals surface area (Å²) in [6.07, 6.45) is -4.60. The molecule has 3 nitrogen and oxygen atoms in total. The Bertz CT molecular complexity index is 896. The number of nitrogens with one attached hydrogen (secondary N) is 1. The van der Waals surface area contributed by atoms with Gasteiger partial charge in [-0.1, -0.05) is 42.0 Å². The van der Waals surface area contributed by atoms with Crippen LogP contribution < -0.4 is 5.56 Å². The molecule has 0 spiro atoms. The van der Waals surface area contributed by atoms with Crippen LogP contribution in [0.4, 0.5) is 13.2 Å². The molecule has 0 aliphatic rings. The molecule has 0 bridgehead atoms. The quantitative estimate of drug-likeness (QED) is 0.740. The van der Waals surface area contributed by atoms with E-state index in [0.29, 0.717) is 11.3 Å². The summed E-state index contributed by atoms with van der Waals surface area (Å²) in [7, 11) is 0. The number of benzene rings is 2. The summed E-state index contributed by atoms with van der Waals surface area (Å²) in [5, 5.41) is 5.88. The summed E-state index contributed by atoms with van der Waals surface area (Å²) in [5.74, 6) is 0. The number of hydrogen-bond donors (Lipinski definition) is 1. The standard InChI is InChI=1S/C16H11F3N2O/c1-9-5-7-10(8-6-9)14-11-3-2-4-12(16(17,18)19)13(11)15(22)21-20-14/h2-8H,1H3,(H,21,22). The maximum Gasteiger partial charge on any atom is 0.417 e. The predicted octanol–water partition coefficient (Wildman–Crippen LogP) is 3.92. The van der Waals surface area contributed by atoms with Crippen LogP contribution in [0, 0.1) is 6.92 Å². The first-order valence-electron chi connectivity index (χ1n) is 6.53. The molecule has 0 fully saturated rings. The summed E-state index contributed by atoms with van der Waals surface area (Å²) >= 11 is 0. The van der Waals surface area contributed by atoms with E-state index in [-0.39, 0.29) is 10.8 Å². The number of halogens is 3. The van der Waals surface area contributed by atoms with Crippen molar-refractivity contribution < 1.29 is 13.2 Å². The van der Waals surface area contributed by atoms with Crippen LogP contribution >= 0.6 is 0 Å². The molecule has 1 N–H and O–H groups in total. The number of fused-ring (bicyclic) bond motifs is 1. The molecule has 0 saturated carbocycles. The minimum absolute atomic E-state index is 0.183. The van der Waals surface area contributed by atoms with Crippen molar-refractivity contribution >= 4 is 10.8 Å². The molecule has 0 amide bonds. The van der Waals surface area contributed by atoms with Crippen molar-refractivity contribution in [2.45, 2.75) is 13.1 Å². The number of aromatic nitrogens is 2. The monoisotopic (exact) mass is 304 g/mol. The largest absolute Gasteiger partial charge is 0.417 e. The van der Waals surface area contributed by atoms with Gasteiger partial charge in [-0.25, -0.2) is 5.10 Å². The summed E-state index contributed by atoms with van der Waals surface area (Å²) < 4.78 is 39.3. The molecule has 2 aromatic carbocycles. The maximum atomic E-state index is 13.1. The minimum atomic E-state index is -4.60. The fraction of sp³-hybridized carbons (Fsp3) is 0.125. The zero-order valence-electron chi connectivity index (χ0n) is 11.5. The zero-order chi connectivity index (χ0) is 15.9. The maximum absolute atomic E-state index is 13.1. The van der Waals surface area contributed by atoms with Crippen molar-refractivity contribution in [3.8, 4) is 11.3 Å². The molecule has 1 aromatic heterocycles. The van der Waals surface area contributed by atoms with Gasteiger partial charge >= 0.3 is 6.18 Å². The Hall–Kier alpha value is -2.63. The number of nitrogens with zero attached hydrogens (tertiary/aromatic N) is 1. The van der Waals surface area contributed by atoms with Crippen molar-refractivity contribution in [3.63, 3.8) is 0 Å². The molecular weight excluding hydrogens is 293 g/mol. The normalized spacial score (nSPS) is 11.8. The van der Waals surface area contributed by atoms with E-state index in [2.05, 4.69) is 10.2 Å². The Morgan fingerprint density at radius 2 is 1.73 bits per heavy atom. The van der Waals surface area contributed by atoms with Gasteiger partial charge in [0.15, 0.2) is 0 Å². The van der Waals surface area contributed by atoms with E-state index in [1.807, 2.05) is 19.1 Å². The highest BCUT2D eigenvalue weighted by molar-refractivity contribution is 5.95. The summed E-state index contributed by atoms with van der Waals surface area (Å²) in [6, 6.07) is 10.8. The van der Waals surface area contributed by atoms with Gasteiger partial charge in [0.25, 0.3) is 5.56 Å². The van der Waals surface area contributed by atoms with Crippen LogP contribution in [0.1, 0.15) is 11.1 Å². The van der Waals surface area contributed by atoms with Gasteiger partial charge in [0.2, 0.25) is 0 Å². The second-order valence-corrected chi connectivity index (χ2v) is 4.99. The van der Waals surface area contributed by atoms with E-state index in [0.717, 1.165) is 11.6 Å². The van der Waals surface area contributed by atoms with Gasteiger partial charge in [0.1, 0.15) is 0 Å². The summed E-state index contributed by atoms with van der Waals surface area (Å²) in [6.45, 7) is 1.91. The highest BCUT2D eigenvalue weighted by Gasteiger charge is 2.34. The molecule has 0 atom stereocenters. The number of alkyl halides is 3. The SMILES string of the molecule is Cc1ccc(-c2n[nH]c(=O)c3c(C(F)(F)F)cccc23)cc1. The van der Waals surface area contributed by atoms with Crippen LogP contribution in [0.25, 0.3) is 22.0 Å². The van der Waals surface area contributed by atoms with E-state index in [1.165, 1.54) is 12.1 Å². The topological polar surface area (TPSA) is 45.8 Å². The Morgan fingerprint density at radius 3 is 2.36 bits per heavy atom. The second kappa shape index (κ2) is 4.98. The van der Waals surface area contributed by atoms with E-state index >= 15 is 0 Å². The molecule has 0 unspecified atom stereocenters. The molecule has 22 heavy (non-hydrogen) atoms. The molecule has 0 radical (unpaired) electrons. The van der Waals surface area contributed by atoms with Gasteiger partial charge in [-0.05, 0) is 13.0 Å². The van der Waals surface area contributed by atoms with Crippen molar-refractivity contribution in [1.29, 1.82) is 0 Å². The number of hydrogen-bond acceptors (Lipinski definition) is 2. The molecule has 1 heterocycles. The fourth-order valence-corrected chi connectivity index (χ4v) is 2.38. The zero-order valence-corrected chi connectivity index (χ0v) is 11.5. The number of rotatable bonds is 1. The number of aromatic amines is 1. The lowest BCUT2D eigenvalue weighted by Crippen LogP contribution is -2.16. The molecule has 0 aliphatic carbocycles. The Balaban J connectivity index is 2.37. The first kappa shape index (κ1) is 14.3. The van der Waals surface area contributed by atoms with Crippen molar-refractivity contribution in [1.82, 2.24) is 10.2 Å². The lowest BCUT2D eigenvalue weighted by molar-refractivity contribution is -0.136. The first-order chi connectivity index (χ1) is 10.4. The molecule has 6 heteroatoms. The lowest BCUT2D eigenvalue weighted by atomic mass is 10.0. The third kappa shape index (κ3) is 2.36. The number of aryl methyl sites for hydroxylation is 1. The van der Waals surface area contributed by atoms with Gasteiger partial charge in [-0.2, -0.15) is 18.3 Å². The third-order valence-corrected chi connectivity index (χ3v) is 3.45. The van der Waals surface area contributed by atoms with Gasteiger partial charge in [0.05, 0.1) is 16.6 Å². The van der Waals surface area contributed by atoms with Gasteiger partial charge < -0.3 is 0 Å². The minimum Gasteiger partial charge on any atom is -0.267 e. The Morgan fingerprint density at radius 1 is 1.05 bits per heavy atom. The Labute approximate surface area is 123 Å². The molecule has 3 rings (SSSR count). The van der Waals surface area contributed by atoms with E-state index < -0.39 is 17.3 Å². The highest BCUT2D eigenvalue weighted by atomic mass is 19.4. The third-order valence-electron chi connectivity index (χ3n) is 3.45. The van der Waals surface area contributed by atoms with Crippen LogP contribution in [0.15, 0.2) is 47.3 Å². The van der Waals surface area contributed by atoms with Gasteiger partial charge in [-0.15, -0.1) is 0 Å². The van der Waals surface area contributed by atoms with Gasteiger partial charge in [0, 0.05) is 10.9 Å². The average Bonchev–Trinajstić information content (AvgIpc) is 2.47. The Kier molecular flexibility index (Phi) is 3.24. The van der Waals surface area contributed by atoms with E-state index in [4.69, 9.17) is 0 Å². The summed E-state index contributed by atoms with van der Waals surface area (Å²) in [5.41, 5.74) is 0.182. The molecule has 0 saturated heterocycles.